The molecule has 0 fully saturated rings. The predicted molar refractivity (Wildman–Crippen MR) is 147 cm³/mol. The molecule has 5 nitrogen and oxygen atoms in total. The Kier molecular flexibility index (Phi) is 8.11. The number of amides is 1. The van der Waals surface area contributed by atoms with Crippen LogP contribution in [0.2, 0.25) is 0 Å². The van der Waals surface area contributed by atoms with Crippen molar-refractivity contribution in [1.29, 1.82) is 0 Å². The summed E-state index contributed by atoms with van der Waals surface area (Å²) in [6.45, 7) is 7.19. The quantitative estimate of drug-likeness (QED) is 0.273. The Morgan fingerprint density at radius 1 is 0.944 bits per heavy atom. The standard InChI is InChI=1S/C31H33N3O2/c1-4-28(33(21-23(2)3)29(35)20-19-24-13-7-5-8-14-24)30-32-27-18-12-11-17-26(27)31(36)34(30)22-25-15-9-6-10-16-25/h5-20,23,28H,4,21-22H2,1-3H3/b20-19+. The fourth-order valence-corrected chi connectivity index (χ4v) is 4.49. The molecule has 5 heteroatoms. The van der Waals surface area contributed by atoms with Gasteiger partial charge in [0.05, 0.1) is 23.5 Å². The van der Waals surface area contributed by atoms with E-state index in [0.29, 0.717) is 36.2 Å². The number of hydrogen-bond donors (Lipinski definition) is 0. The van der Waals surface area contributed by atoms with E-state index in [4.69, 9.17) is 4.98 Å². The SMILES string of the molecule is CCC(c1nc2ccccc2c(=O)n1Cc1ccccc1)N(CC(C)C)C(=O)/C=C/c1ccccc1. The molecular formula is C31H33N3O2. The molecule has 36 heavy (non-hydrogen) atoms. The van der Waals surface area contributed by atoms with Crippen LogP contribution in [0.3, 0.4) is 0 Å². The van der Waals surface area contributed by atoms with Crippen molar-refractivity contribution in [3.8, 4) is 0 Å². The van der Waals surface area contributed by atoms with Gasteiger partial charge in [-0.3, -0.25) is 14.2 Å². The first-order chi connectivity index (χ1) is 17.5. The molecule has 0 spiro atoms. The second kappa shape index (κ2) is 11.6. The van der Waals surface area contributed by atoms with Gasteiger partial charge >= 0.3 is 0 Å². The van der Waals surface area contributed by atoms with Crippen LogP contribution in [-0.4, -0.2) is 26.9 Å². The highest BCUT2D eigenvalue weighted by Crippen LogP contribution is 2.26. The Bertz CT molecular complexity index is 1390. The fourth-order valence-electron chi connectivity index (χ4n) is 4.49. The molecule has 0 aliphatic heterocycles. The zero-order valence-electron chi connectivity index (χ0n) is 21.2. The second-order valence-electron chi connectivity index (χ2n) is 9.42. The van der Waals surface area contributed by atoms with Crippen molar-refractivity contribution >= 4 is 22.9 Å². The average molecular weight is 480 g/mol. The number of aromatic nitrogens is 2. The van der Waals surface area contributed by atoms with Crippen LogP contribution in [-0.2, 0) is 11.3 Å². The summed E-state index contributed by atoms with van der Waals surface area (Å²) >= 11 is 0. The largest absolute Gasteiger partial charge is 0.329 e. The molecule has 0 aliphatic rings. The topological polar surface area (TPSA) is 55.2 Å². The maximum atomic E-state index is 13.7. The van der Waals surface area contributed by atoms with Crippen LogP contribution in [0.4, 0.5) is 0 Å². The summed E-state index contributed by atoms with van der Waals surface area (Å²) in [6, 6.07) is 26.8. The minimum Gasteiger partial charge on any atom is -0.329 e. The Morgan fingerprint density at radius 2 is 1.58 bits per heavy atom. The molecule has 184 valence electrons. The normalized spacial score (nSPS) is 12.3. The van der Waals surface area contributed by atoms with Crippen molar-refractivity contribution < 1.29 is 4.79 Å². The van der Waals surface area contributed by atoms with Gasteiger partial charge in [0, 0.05) is 12.6 Å². The number of para-hydroxylation sites is 1. The van der Waals surface area contributed by atoms with Crippen molar-refractivity contribution in [3.63, 3.8) is 0 Å². The molecule has 0 aliphatic carbocycles. The molecule has 1 atom stereocenters. The molecule has 1 unspecified atom stereocenters. The van der Waals surface area contributed by atoms with Crippen LogP contribution in [0.5, 0.6) is 0 Å². The highest BCUT2D eigenvalue weighted by Gasteiger charge is 2.28. The van der Waals surface area contributed by atoms with Gasteiger partial charge in [-0.2, -0.15) is 0 Å². The monoisotopic (exact) mass is 479 g/mol. The lowest BCUT2D eigenvalue weighted by Crippen LogP contribution is -2.40. The molecule has 4 aromatic rings. The highest BCUT2D eigenvalue weighted by atomic mass is 16.2. The molecule has 1 heterocycles. The molecule has 0 bridgehead atoms. The molecule has 4 rings (SSSR count). The van der Waals surface area contributed by atoms with E-state index >= 15 is 0 Å². The summed E-state index contributed by atoms with van der Waals surface area (Å²) in [7, 11) is 0. The molecule has 0 N–H and O–H groups in total. The Hall–Kier alpha value is -3.99. The molecule has 1 aromatic heterocycles. The number of carbonyl (C=O) groups excluding carboxylic acids is 1. The van der Waals surface area contributed by atoms with Gasteiger partial charge in [-0.05, 0) is 41.7 Å². The molecule has 3 aromatic carbocycles. The van der Waals surface area contributed by atoms with E-state index in [-0.39, 0.29) is 23.4 Å². The summed E-state index contributed by atoms with van der Waals surface area (Å²) < 4.78 is 1.74. The van der Waals surface area contributed by atoms with Crippen molar-refractivity contribution in [2.45, 2.75) is 39.8 Å². The van der Waals surface area contributed by atoms with Crippen LogP contribution < -0.4 is 5.56 Å². The Morgan fingerprint density at radius 3 is 2.25 bits per heavy atom. The van der Waals surface area contributed by atoms with Crippen LogP contribution in [0.15, 0.2) is 95.8 Å². The van der Waals surface area contributed by atoms with Gasteiger partial charge in [0.2, 0.25) is 5.91 Å². The first kappa shape index (κ1) is 25.1. The summed E-state index contributed by atoms with van der Waals surface area (Å²) in [4.78, 5) is 34.1. The number of carbonyl (C=O) groups is 1. The highest BCUT2D eigenvalue weighted by molar-refractivity contribution is 5.92. The van der Waals surface area contributed by atoms with Crippen molar-refractivity contribution in [1.82, 2.24) is 14.5 Å². The third-order valence-electron chi connectivity index (χ3n) is 6.20. The second-order valence-corrected chi connectivity index (χ2v) is 9.42. The summed E-state index contributed by atoms with van der Waals surface area (Å²) in [5, 5.41) is 0.581. The van der Waals surface area contributed by atoms with E-state index in [1.54, 1.807) is 10.6 Å². The number of hydrogen-bond acceptors (Lipinski definition) is 3. The number of benzene rings is 3. The summed E-state index contributed by atoms with van der Waals surface area (Å²) in [5.41, 5.74) is 2.54. The lowest BCUT2D eigenvalue weighted by atomic mass is 10.1. The molecule has 1 amide bonds. The number of fused-ring (bicyclic) bond motifs is 1. The molecule has 0 saturated heterocycles. The minimum atomic E-state index is -0.346. The van der Waals surface area contributed by atoms with Crippen molar-refractivity contribution in [2.24, 2.45) is 5.92 Å². The van der Waals surface area contributed by atoms with E-state index in [1.807, 2.05) is 103 Å². The summed E-state index contributed by atoms with van der Waals surface area (Å²) in [6.07, 6.45) is 4.10. The molecule has 0 radical (unpaired) electrons. The smallest absolute Gasteiger partial charge is 0.261 e. The number of nitrogens with zero attached hydrogens (tertiary/aromatic N) is 3. The van der Waals surface area contributed by atoms with Crippen LogP contribution in [0, 0.1) is 5.92 Å². The Balaban J connectivity index is 1.82. The van der Waals surface area contributed by atoms with Gasteiger partial charge < -0.3 is 4.90 Å². The first-order valence-electron chi connectivity index (χ1n) is 12.5. The maximum Gasteiger partial charge on any atom is 0.261 e. The van der Waals surface area contributed by atoms with Gasteiger partial charge in [-0.15, -0.1) is 0 Å². The van der Waals surface area contributed by atoms with Gasteiger partial charge in [0.1, 0.15) is 5.82 Å². The lowest BCUT2D eigenvalue weighted by molar-refractivity contribution is -0.129. The predicted octanol–water partition coefficient (Wildman–Crippen LogP) is 6.09. The van der Waals surface area contributed by atoms with Crippen LogP contribution in [0.25, 0.3) is 17.0 Å². The maximum absolute atomic E-state index is 13.7. The van der Waals surface area contributed by atoms with Gasteiger partial charge in [0.15, 0.2) is 0 Å². The molecular weight excluding hydrogens is 446 g/mol. The van der Waals surface area contributed by atoms with Crippen molar-refractivity contribution in [3.05, 3.63) is 118 Å². The fraction of sp³-hybridized carbons (Fsp3) is 0.258. The number of rotatable bonds is 9. The summed E-state index contributed by atoms with van der Waals surface area (Å²) in [5.74, 6) is 0.781. The van der Waals surface area contributed by atoms with E-state index in [1.165, 1.54) is 0 Å². The third kappa shape index (κ3) is 5.80. The van der Waals surface area contributed by atoms with E-state index in [0.717, 1.165) is 11.1 Å². The Labute approximate surface area is 212 Å². The third-order valence-corrected chi connectivity index (χ3v) is 6.20. The van der Waals surface area contributed by atoms with E-state index in [2.05, 4.69) is 13.8 Å². The van der Waals surface area contributed by atoms with Gasteiger partial charge in [0.25, 0.3) is 5.56 Å². The zero-order chi connectivity index (χ0) is 25.5. The van der Waals surface area contributed by atoms with Crippen LogP contribution >= 0.6 is 0 Å². The van der Waals surface area contributed by atoms with E-state index < -0.39 is 0 Å². The van der Waals surface area contributed by atoms with Crippen molar-refractivity contribution in [2.75, 3.05) is 6.54 Å². The first-order valence-corrected chi connectivity index (χ1v) is 12.5. The average Bonchev–Trinajstić information content (AvgIpc) is 2.90. The van der Waals surface area contributed by atoms with Crippen LogP contribution in [0.1, 0.15) is 50.2 Å². The molecule has 0 saturated carbocycles. The zero-order valence-corrected chi connectivity index (χ0v) is 21.2. The van der Waals surface area contributed by atoms with E-state index in [9.17, 15) is 9.59 Å². The lowest BCUT2D eigenvalue weighted by Gasteiger charge is -2.33. The van der Waals surface area contributed by atoms with Gasteiger partial charge in [-0.1, -0.05) is 93.6 Å². The minimum absolute atomic E-state index is 0.0883. The van der Waals surface area contributed by atoms with Gasteiger partial charge in [-0.25, -0.2) is 4.98 Å².